The third kappa shape index (κ3) is 2.88. The Morgan fingerprint density at radius 2 is 2.29 bits per heavy atom. The Bertz CT molecular complexity index is 498. The van der Waals surface area contributed by atoms with Gasteiger partial charge in [-0.15, -0.1) is 0 Å². The minimum atomic E-state index is -0.701. The number of pyridine rings is 1. The van der Waals surface area contributed by atoms with E-state index < -0.39 is 11.9 Å². The number of aryl methyl sites for hydroxylation is 2. The second-order valence-corrected chi connectivity index (χ2v) is 3.94. The van der Waals surface area contributed by atoms with Crippen molar-refractivity contribution in [3.05, 3.63) is 47.8 Å². The van der Waals surface area contributed by atoms with E-state index in [0.29, 0.717) is 18.4 Å². The van der Waals surface area contributed by atoms with Gasteiger partial charge in [0.1, 0.15) is 5.82 Å². The van der Waals surface area contributed by atoms with Crippen LogP contribution < -0.4 is 0 Å². The molecular formula is C12H14FN3O. The van der Waals surface area contributed by atoms with Gasteiger partial charge in [0.15, 0.2) is 0 Å². The lowest BCUT2D eigenvalue weighted by molar-refractivity contribution is 0.166. The number of aliphatic hydroxyl groups excluding tert-OH is 1. The van der Waals surface area contributed by atoms with Crippen molar-refractivity contribution in [1.82, 2.24) is 14.8 Å². The zero-order valence-electron chi connectivity index (χ0n) is 9.55. The molecule has 2 heterocycles. The first kappa shape index (κ1) is 11.7. The van der Waals surface area contributed by atoms with Crippen LogP contribution in [0.25, 0.3) is 0 Å². The van der Waals surface area contributed by atoms with E-state index in [1.165, 1.54) is 12.3 Å². The van der Waals surface area contributed by atoms with Crippen molar-refractivity contribution in [2.24, 2.45) is 7.05 Å². The molecule has 0 fully saturated rings. The third-order valence-corrected chi connectivity index (χ3v) is 2.71. The topological polar surface area (TPSA) is 50.9 Å². The lowest BCUT2D eigenvalue weighted by Gasteiger charge is -2.10. The van der Waals surface area contributed by atoms with Crippen molar-refractivity contribution in [2.75, 3.05) is 0 Å². The van der Waals surface area contributed by atoms with E-state index in [4.69, 9.17) is 0 Å². The smallest absolute Gasteiger partial charge is 0.141 e. The maximum atomic E-state index is 12.9. The van der Waals surface area contributed by atoms with E-state index in [0.717, 1.165) is 11.9 Å². The average molecular weight is 235 g/mol. The van der Waals surface area contributed by atoms with E-state index in [1.807, 2.05) is 13.1 Å². The molecule has 0 saturated heterocycles. The minimum Gasteiger partial charge on any atom is -0.388 e. The van der Waals surface area contributed by atoms with Crippen LogP contribution in [0.5, 0.6) is 0 Å². The Morgan fingerprint density at radius 3 is 2.94 bits per heavy atom. The molecule has 4 nitrogen and oxygen atoms in total. The van der Waals surface area contributed by atoms with Gasteiger partial charge in [-0.1, -0.05) is 0 Å². The molecule has 17 heavy (non-hydrogen) atoms. The molecule has 0 radical (unpaired) electrons. The summed E-state index contributed by atoms with van der Waals surface area (Å²) in [6.45, 7) is 0. The number of halogens is 1. The molecule has 1 atom stereocenters. The van der Waals surface area contributed by atoms with Crippen LogP contribution in [0.15, 0.2) is 30.7 Å². The number of aromatic nitrogens is 3. The van der Waals surface area contributed by atoms with Gasteiger partial charge in [-0.25, -0.2) is 4.39 Å². The summed E-state index contributed by atoms with van der Waals surface area (Å²) in [6.07, 6.45) is 4.83. The maximum absolute atomic E-state index is 12.9. The second kappa shape index (κ2) is 5.05. The Labute approximate surface area is 98.7 Å². The molecule has 0 aliphatic carbocycles. The summed E-state index contributed by atoms with van der Waals surface area (Å²) in [4.78, 5) is 3.72. The highest BCUT2D eigenvalue weighted by molar-refractivity contribution is 5.13. The summed E-state index contributed by atoms with van der Waals surface area (Å²) in [5.74, 6) is -0.429. The van der Waals surface area contributed by atoms with Crippen LogP contribution in [-0.2, 0) is 13.5 Å². The second-order valence-electron chi connectivity index (χ2n) is 3.94. The fourth-order valence-electron chi connectivity index (χ4n) is 1.71. The van der Waals surface area contributed by atoms with Gasteiger partial charge in [0.2, 0.25) is 0 Å². The van der Waals surface area contributed by atoms with Gasteiger partial charge >= 0.3 is 0 Å². The van der Waals surface area contributed by atoms with Crippen LogP contribution in [0.1, 0.15) is 23.8 Å². The summed E-state index contributed by atoms with van der Waals surface area (Å²) in [6, 6.07) is 3.21. The fraction of sp³-hybridized carbons (Fsp3) is 0.333. The summed E-state index contributed by atoms with van der Waals surface area (Å²) < 4.78 is 14.7. The Morgan fingerprint density at radius 1 is 1.47 bits per heavy atom. The molecule has 5 heteroatoms. The van der Waals surface area contributed by atoms with E-state index in [9.17, 15) is 9.50 Å². The third-order valence-electron chi connectivity index (χ3n) is 2.71. The van der Waals surface area contributed by atoms with Crippen molar-refractivity contribution >= 4 is 0 Å². The first-order valence-electron chi connectivity index (χ1n) is 5.42. The maximum Gasteiger partial charge on any atom is 0.141 e. The molecule has 0 spiro atoms. The molecular weight excluding hydrogens is 221 g/mol. The predicted molar refractivity (Wildman–Crippen MR) is 60.7 cm³/mol. The highest BCUT2D eigenvalue weighted by Crippen LogP contribution is 2.18. The van der Waals surface area contributed by atoms with Crippen molar-refractivity contribution in [3.63, 3.8) is 0 Å². The molecule has 0 aliphatic rings. The molecule has 0 saturated carbocycles. The molecule has 1 unspecified atom stereocenters. The largest absolute Gasteiger partial charge is 0.388 e. The highest BCUT2D eigenvalue weighted by atomic mass is 19.1. The van der Waals surface area contributed by atoms with Gasteiger partial charge in [0, 0.05) is 30.7 Å². The van der Waals surface area contributed by atoms with E-state index in [-0.39, 0.29) is 0 Å². The van der Waals surface area contributed by atoms with Crippen molar-refractivity contribution in [2.45, 2.75) is 18.9 Å². The molecule has 1 N–H and O–H groups in total. The van der Waals surface area contributed by atoms with Crippen LogP contribution in [0.3, 0.4) is 0 Å². The van der Waals surface area contributed by atoms with Gasteiger partial charge in [-0.3, -0.25) is 9.67 Å². The lowest BCUT2D eigenvalue weighted by atomic mass is 10.1. The van der Waals surface area contributed by atoms with Gasteiger partial charge in [0.05, 0.1) is 12.3 Å². The standard InChI is InChI=1S/C12H14FN3O/c1-16-11(4-5-15-16)2-3-12(17)9-6-10(13)8-14-7-9/h4-8,12,17H,2-3H2,1H3. The van der Waals surface area contributed by atoms with Crippen LogP contribution in [0, 0.1) is 5.82 Å². The van der Waals surface area contributed by atoms with Crippen LogP contribution in [0.4, 0.5) is 4.39 Å². The molecule has 0 bridgehead atoms. The molecule has 0 aromatic carbocycles. The highest BCUT2D eigenvalue weighted by Gasteiger charge is 2.10. The fourth-order valence-corrected chi connectivity index (χ4v) is 1.71. The van der Waals surface area contributed by atoms with Gasteiger partial charge in [-0.2, -0.15) is 5.10 Å². The number of aliphatic hydroxyl groups is 1. The van der Waals surface area contributed by atoms with E-state index in [1.54, 1.807) is 10.9 Å². The average Bonchev–Trinajstić information content (AvgIpc) is 2.72. The number of nitrogens with zero attached hydrogens (tertiary/aromatic N) is 3. The first-order valence-corrected chi connectivity index (χ1v) is 5.42. The van der Waals surface area contributed by atoms with Crippen LogP contribution in [-0.4, -0.2) is 19.9 Å². The van der Waals surface area contributed by atoms with Crippen molar-refractivity contribution < 1.29 is 9.50 Å². The van der Waals surface area contributed by atoms with Gasteiger partial charge in [0.25, 0.3) is 0 Å². The Hall–Kier alpha value is -1.75. The van der Waals surface area contributed by atoms with Crippen molar-refractivity contribution in [3.8, 4) is 0 Å². The summed E-state index contributed by atoms with van der Waals surface area (Å²) in [7, 11) is 1.85. The molecule has 2 aromatic rings. The molecule has 0 aliphatic heterocycles. The van der Waals surface area contributed by atoms with E-state index in [2.05, 4.69) is 10.1 Å². The molecule has 2 rings (SSSR count). The summed E-state index contributed by atoms with van der Waals surface area (Å²) >= 11 is 0. The molecule has 90 valence electrons. The number of rotatable bonds is 4. The van der Waals surface area contributed by atoms with Gasteiger partial charge in [-0.05, 0) is 25.0 Å². The monoisotopic (exact) mass is 235 g/mol. The molecule has 0 amide bonds. The SMILES string of the molecule is Cn1nccc1CCC(O)c1cncc(F)c1. The zero-order valence-corrected chi connectivity index (χ0v) is 9.55. The number of hydrogen-bond acceptors (Lipinski definition) is 3. The van der Waals surface area contributed by atoms with Gasteiger partial charge < -0.3 is 5.11 Å². The minimum absolute atomic E-state index is 0.429. The van der Waals surface area contributed by atoms with Crippen molar-refractivity contribution in [1.29, 1.82) is 0 Å². The summed E-state index contributed by atoms with van der Waals surface area (Å²) in [5.41, 5.74) is 1.54. The summed E-state index contributed by atoms with van der Waals surface area (Å²) in [5, 5.41) is 13.9. The normalized spacial score (nSPS) is 12.6. The van der Waals surface area contributed by atoms with Crippen LogP contribution in [0.2, 0.25) is 0 Å². The Kier molecular flexibility index (Phi) is 3.49. The first-order chi connectivity index (χ1) is 8.16. The predicted octanol–water partition coefficient (Wildman–Crippen LogP) is 1.62. The number of hydrogen-bond donors (Lipinski definition) is 1. The zero-order chi connectivity index (χ0) is 12.3. The quantitative estimate of drug-likeness (QED) is 0.876. The van der Waals surface area contributed by atoms with Crippen LogP contribution >= 0.6 is 0 Å². The Balaban J connectivity index is 1.98. The molecule has 2 aromatic heterocycles. The lowest BCUT2D eigenvalue weighted by Crippen LogP contribution is -2.04. The van der Waals surface area contributed by atoms with E-state index >= 15 is 0 Å².